The van der Waals surface area contributed by atoms with Crippen molar-refractivity contribution in [2.75, 3.05) is 0 Å². The van der Waals surface area contributed by atoms with E-state index >= 15 is 0 Å². The van der Waals surface area contributed by atoms with Gasteiger partial charge in [0.25, 0.3) is 0 Å². The summed E-state index contributed by atoms with van der Waals surface area (Å²) in [5, 5.41) is 8.28. The van der Waals surface area contributed by atoms with Gasteiger partial charge in [0.2, 0.25) is 11.8 Å². The predicted molar refractivity (Wildman–Crippen MR) is 89.6 cm³/mol. The minimum Gasteiger partial charge on any atom is -0.463 e. The van der Waals surface area contributed by atoms with E-state index in [1.807, 2.05) is 0 Å². The second-order valence-corrected chi connectivity index (χ2v) is 5.66. The molecular formula is C18H14F3N3O2. The quantitative estimate of drug-likeness (QED) is 0.768. The first-order chi connectivity index (χ1) is 12.3. The molecule has 1 heterocycles. The lowest BCUT2D eigenvalue weighted by Crippen LogP contribution is -2.31. The molecule has 0 saturated heterocycles. The topological polar surface area (TPSA) is 78.1 Å². The van der Waals surface area contributed by atoms with E-state index < -0.39 is 18.2 Å². The van der Waals surface area contributed by atoms with E-state index in [-0.39, 0.29) is 5.88 Å². The van der Waals surface area contributed by atoms with Gasteiger partial charge in [-0.2, -0.15) is 18.3 Å². The predicted octanol–water partition coefficient (Wildman–Crippen LogP) is 3.73. The molecule has 1 amide bonds. The molecule has 0 fully saturated rings. The highest BCUT2D eigenvalue weighted by Crippen LogP contribution is 2.31. The van der Waals surface area contributed by atoms with Gasteiger partial charge in [0.15, 0.2) is 6.10 Å². The van der Waals surface area contributed by atoms with Crippen molar-refractivity contribution in [3.8, 4) is 17.0 Å². The molecule has 0 aliphatic rings. The zero-order valence-electron chi connectivity index (χ0n) is 13.6. The van der Waals surface area contributed by atoms with Crippen LogP contribution in [0.5, 0.6) is 5.88 Å². The van der Waals surface area contributed by atoms with Crippen LogP contribution in [0.25, 0.3) is 21.9 Å². The minimum absolute atomic E-state index is 0.206. The van der Waals surface area contributed by atoms with Crippen LogP contribution < -0.4 is 10.5 Å². The number of hydrogen-bond donors (Lipinski definition) is 1. The summed E-state index contributed by atoms with van der Waals surface area (Å²) >= 11 is 0. The van der Waals surface area contributed by atoms with Gasteiger partial charge in [-0.05, 0) is 36.2 Å². The van der Waals surface area contributed by atoms with Crippen molar-refractivity contribution in [3.63, 3.8) is 0 Å². The molecule has 0 radical (unpaired) electrons. The fourth-order valence-electron chi connectivity index (χ4n) is 2.50. The van der Waals surface area contributed by atoms with Crippen molar-refractivity contribution in [2.45, 2.75) is 19.2 Å². The van der Waals surface area contributed by atoms with Gasteiger partial charge < -0.3 is 10.5 Å². The lowest BCUT2D eigenvalue weighted by Gasteiger charge is -2.17. The van der Waals surface area contributed by atoms with Gasteiger partial charge in [0.1, 0.15) is 0 Å². The molecule has 0 aliphatic heterocycles. The van der Waals surface area contributed by atoms with Gasteiger partial charge in [-0.1, -0.05) is 24.3 Å². The van der Waals surface area contributed by atoms with E-state index in [1.54, 1.807) is 42.5 Å². The lowest BCUT2D eigenvalue weighted by molar-refractivity contribution is -0.189. The Labute approximate surface area is 146 Å². The normalized spacial score (nSPS) is 12.8. The van der Waals surface area contributed by atoms with Gasteiger partial charge in [-0.3, -0.25) is 4.79 Å². The number of amides is 1. The Balaban J connectivity index is 2.05. The number of aromatic nitrogens is 2. The minimum atomic E-state index is -4.51. The van der Waals surface area contributed by atoms with Gasteiger partial charge in [0.05, 0.1) is 6.20 Å². The molecule has 26 heavy (non-hydrogen) atoms. The number of alkyl halides is 3. The fraction of sp³-hybridized carbons (Fsp3) is 0.167. The van der Waals surface area contributed by atoms with Gasteiger partial charge in [-0.25, -0.2) is 0 Å². The van der Waals surface area contributed by atoms with Crippen LogP contribution >= 0.6 is 0 Å². The first kappa shape index (κ1) is 17.7. The van der Waals surface area contributed by atoms with E-state index in [1.165, 1.54) is 6.20 Å². The Hall–Kier alpha value is -3.16. The number of nitrogens with zero attached hydrogens (tertiary/aromatic N) is 2. The van der Waals surface area contributed by atoms with Crippen molar-refractivity contribution in [3.05, 3.63) is 54.2 Å². The molecule has 1 atom stereocenters. The first-order valence-electron chi connectivity index (χ1n) is 7.65. The third-order valence-corrected chi connectivity index (χ3v) is 3.88. The highest BCUT2D eigenvalue weighted by molar-refractivity contribution is 6.01. The molecule has 2 aromatic carbocycles. The van der Waals surface area contributed by atoms with Gasteiger partial charge in [0, 0.05) is 16.3 Å². The average Bonchev–Trinajstić information content (AvgIpc) is 2.60. The summed E-state index contributed by atoms with van der Waals surface area (Å²) in [5.74, 6) is -0.779. The maximum atomic E-state index is 12.7. The van der Waals surface area contributed by atoms with Crippen molar-refractivity contribution in [1.29, 1.82) is 0 Å². The maximum Gasteiger partial charge on any atom is 0.425 e. The number of hydrogen-bond acceptors (Lipinski definition) is 4. The number of ether oxygens (including phenoxy) is 1. The highest BCUT2D eigenvalue weighted by atomic mass is 19.4. The molecule has 0 aliphatic carbocycles. The van der Waals surface area contributed by atoms with Crippen molar-refractivity contribution >= 4 is 16.7 Å². The number of rotatable bonds is 4. The van der Waals surface area contributed by atoms with Crippen LogP contribution in [-0.2, 0) is 0 Å². The van der Waals surface area contributed by atoms with Crippen LogP contribution in [0.15, 0.2) is 48.7 Å². The third kappa shape index (κ3) is 3.44. The Morgan fingerprint density at radius 3 is 2.62 bits per heavy atom. The second kappa shape index (κ2) is 6.62. The maximum absolute atomic E-state index is 12.7. The Morgan fingerprint density at radius 1 is 1.19 bits per heavy atom. The molecule has 134 valence electrons. The lowest BCUT2D eigenvalue weighted by atomic mass is 9.97. The number of benzene rings is 2. The van der Waals surface area contributed by atoms with E-state index in [0.29, 0.717) is 27.5 Å². The van der Waals surface area contributed by atoms with Crippen LogP contribution in [0.2, 0.25) is 0 Å². The molecule has 3 rings (SSSR count). The summed E-state index contributed by atoms with van der Waals surface area (Å²) in [7, 11) is 0. The fourth-order valence-corrected chi connectivity index (χ4v) is 2.50. The number of nitrogens with two attached hydrogens (primary N) is 1. The number of primary amides is 1. The highest BCUT2D eigenvalue weighted by Gasteiger charge is 2.38. The summed E-state index contributed by atoms with van der Waals surface area (Å²) in [6.45, 7) is 0.901. The largest absolute Gasteiger partial charge is 0.463 e. The summed E-state index contributed by atoms with van der Waals surface area (Å²) in [5.41, 5.74) is 7.03. The van der Waals surface area contributed by atoms with E-state index in [0.717, 1.165) is 6.92 Å². The monoisotopic (exact) mass is 361 g/mol. The summed E-state index contributed by atoms with van der Waals surface area (Å²) in [4.78, 5) is 11.6. The SMILES string of the molecule is C[C@H](Oc1nncc2cc(-c3ccccc3C(N)=O)ccc12)C(F)(F)F. The molecule has 0 unspecified atom stereocenters. The number of fused-ring (bicyclic) bond motifs is 1. The molecule has 8 heteroatoms. The van der Waals surface area contributed by atoms with Crippen LogP contribution in [0.1, 0.15) is 17.3 Å². The second-order valence-electron chi connectivity index (χ2n) is 5.66. The summed E-state index contributed by atoms with van der Waals surface area (Å²) in [6, 6.07) is 11.7. The van der Waals surface area contributed by atoms with Crippen LogP contribution in [-0.4, -0.2) is 28.4 Å². The molecule has 0 saturated carbocycles. The van der Waals surface area contributed by atoms with E-state index in [4.69, 9.17) is 10.5 Å². The Bertz CT molecular complexity index is 973. The standard InChI is InChI=1S/C18H14F3N3O2/c1-10(18(19,20)21)26-17-14-7-6-11(8-12(14)9-23-24-17)13-4-2-3-5-15(13)16(22)25/h2-10H,1H3,(H2,22,25)/t10-/m0/s1. The Kier molecular flexibility index (Phi) is 4.50. The molecule has 0 spiro atoms. The summed E-state index contributed by atoms with van der Waals surface area (Å²) < 4.78 is 43.1. The van der Waals surface area contributed by atoms with Gasteiger partial charge in [-0.15, -0.1) is 5.10 Å². The number of carbonyl (C=O) groups is 1. The van der Waals surface area contributed by atoms with E-state index in [9.17, 15) is 18.0 Å². The number of halogens is 3. The first-order valence-corrected chi connectivity index (χ1v) is 7.65. The Morgan fingerprint density at radius 2 is 1.92 bits per heavy atom. The van der Waals surface area contributed by atoms with Crippen molar-refractivity contribution < 1.29 is 22.7 Å². The van der Waals surface area contributed by atoms with E-state index in [2.05, 4.69) is 10.2 Å². The van der Waals surface area contributed by atoms with Crippen molar-refractivity contribution in [1.82, 2.24) is 10.2 Å². The van der Waals surface area contributed by atoms with Gasteiger partial charge >= 0.3 is 6.18 Å². The zero-order chi connectivity index (χ0) is 18.9. The smallest absolute Gasteiger partial charge is 0.425 e. The average molecular weight is 361 g/mol. The molecule has 1 aromatic heterocycles. The summed E-state index contributed by atoms with van der Waals surface area (Å²) in [6.07, 6.45) is -5.11. The van der Waals surface area contributed by atoms with Crippen molar-refractivity contribution in [2.24, 2.45) is 5.73 Å². The van der Waals surface area contributed by atoms with Crippen LogP contribution in [0.3, 0.4) is 0 Å². The zero-order valence-corrected chi connectivity index (χ0v) is 13.6. The molecule has 2 N–H and O–H groups in total. The molecule has 5 nitrogen and oxygen atoms in total. The van der Waals surface area contributed by atoms with Crippen LogP contribution in [0.4, 0.5) is 13.2 Å². The van der Waals surface area contributed by atoms with Crippen LogP contribution in [0, 0.1) is 0 Å². The molecule has 3 aromatic rings. The third-order valence-electron chi connectivity index (χ3n) is 3.88. The molecule has 0 bridgehead atoms. The number of carbonyl (C=O) groups excluding carboxylic acids is 1. The molecular weight excluding hydrogens is 347 g/mol.